The largest absolute Gasteiger partial charge is 0.569 e. The van der Waals surface area contributed by atoms with Gasteiger partial charge in [-0.15, -0.1) is 0 Å². The maximum Gasteiger partial charge on any atom is 0.569 e. The maximum absolute atomic E-state index is 8.31. The minimum Gasteiger partial charge on any atom is -0.537 e. The van der Waals surface area contributed by atoms with Gasteiger partial charge in [0.25, 0.3) is 0 Å². The molecule has 0 amide bonds. The Labute approximate surface area is 78.6 Å². The number of halogens is 2. The molecule has 0 unspecified atom stereocenters. The molecule has 1 radical (unpaired) electrons. The minimum absolute atomic E-state index is 0.525. The molecule has 2 nitrogen and oxygen atoms in total. The van der Waals surface area contributed by atoms with E-state index in [-0.39, 0.29) is 0 Å². The van der Waals surface area contributed by atoms with E-state index >= 15 is 0 Å². The molecular formula is C6H4BBrClO2. The summed E-state index contributed by atoms with van der Waals surface area (Å²) in [5, 5.41) is 8.93. The maximum atomic E-state index is 8.31. The summed E-state index contributed by atoms with van der Waals surface area (Å²) in [4.78, 5) is 0. The molecule has 0 aliphatic carbocycles. The standard InChI is InChI=1S/C6H4BBrClO2/c8-5-3-4(9)1-2-6(5)11-7-10/h1-3,10H. The smallest absolute Gasteiger partial charge is 0.537 e. The normalized spacial score (nSPS) is 9.36. The molecule has 0 aliphatic heterocycles. The molecule has 11 heavy (non-hydrogen) atoms. The Bertz CT molecular complexity index is 256. The van der Waals surface area contributed by atoms with Gasteiger partial charge in [-0.25, -0.2) is 0 Å². The summed E-state index contributed by atoms with van der Waals surface area (Å²) in [5.74, 6) is 0.525. The van der Waals surface area contributed by atoms with Crippen molar-refractivity contribution in [3.63, 3.8) is 0 Å². The van der Waals surface area contributed by atoms with Gasteiger partial charge in [0.05, 0.1) is 4.47 Å². The van der Waals surface area contributed by atoms with Crippen LogP contribution < -0.4 is 4.65 Å². The molecule has 1 aromatic rings. The predicted molar refractivity (Wildman–Crippen MR) is 47.8 cm³/mol. The Kier molecular flexibility index (Phi) is 3.24. The van der Waals surface area contributed by atoms with Gasteiger partial charge < -0.3 is 9.68 Å². The van der Waals surface area contributed by atoms with Crippen LogP contribution in [0.2, 0.25) is 5.02 Å². The summed E-state index contributed by atoms with van der Waals surface area (Å²) >= 11 is 8.87. The highest BCUT2D eigenvalue weighted by Crippen LogP contribution is 2.27. The van der Waals surface area contributed by atoms with Crippen molar-refractivity contribution in [1.29, 1.82) is 0 Å². The first-order valence-electron chi connectivity index (χ1n) is 2.81. The van der Waals surface area contributed by atoms with Crippen LogP contribution in [0.15, 0.2) is 22.7 Å². The highest BCUT2D eigenvalue weighted by molar-refractivity contribution is 9.10. The zero-order valence-electron chi connectivity index (χ0n) is 5.42. The van der Waals surface area contributed by atoms with Crippen molar-refractivity contribution in [2.24, 2.45) is 0 Å². The van der Waals surface area contributed by atoms with Gasteiger partial charge in [0.1, 0.15) is 5.75 Å². The average molecular weight is 234 g/mol. The summed E-state index contributed by atoms with van der Waals surface area (Å²) in [5.41, 5.74) is 0. The summed E-state index contributed by atoms with van der Waals surface area (Å²) < 4.78 is 5.42. The highest BCUT2D eigenvalue weighted by atomic mass is 79.9. The third-order valence-corrected chi connectivity index (χ3v) is 1.93. The second-order valence-electron chi connectivity index (χ2n) is 1.80. The van der Waals surface area contributed by atoms with E-state index in [1.165, 1.54) is 0 Å². The molecule has 0 fully saturated rings. The molecule has 0 spiro atoms. The van der Waals surface area contributed by atoms with Crippen LogP contribution >= 0.6 is 27.5 Å². The third-order valence-electron chi connectivity index (χ3n) is 1.07. The van der Waals surface area contributed by atoms with Crippen molar-refractivity contribution < 1.29 is 9.68 Å². The second kappa shape index (κ2) is 4.00. The van der Waals surface area contributed by atoms with E-state index in [1.54, 1.807) is 18.2 Å². The molecule has 0 bridgehead atoms. The Balaban J connectivity index is 2.90. The topological polar surface area (TPSA) is 29.5 Å². The van der Waals surface area contributed by atoms with Crippen LogP contribution in [0.5, 0.6) is 5.75 Å². The minimum atomic E-state index is 0.525. The molecule has 57 valence electrons. The van der Waals surface area contributed by atoms with Crippen LogP contribution in [0.4, 0.5) is 0 Å². The van der Waals surface area contributed by atoms with Crippen LogP contribution in [0.25, 0.3) is 0 Å². The Morgan fingerprint density at radius 3 is 2.82 bits per heavy atom. The first-order valence-corrected chi connectivity index (χ1v) is 3.98. The number of benzene rings is 1. The lowest BCUT2D eigenvalue weighted by atomic mass is 10.3. The Hall–Kier alpha value is -0.185. The van der Waals surface area contributed by atoms with Crippen molar-refractivity contribution in [3.8, 4) is 5.75 Å². The molecule has 5 heteroatoms. The van der Waals surface area contributed by atoms with E-state index in [9.17, 15) is 0 Å². The van der Waals surface area contributed by atoms with Crippen LogP contribution in [0.3, 0.4) is 0 Å². The number of rotatable bonds is 2. The molecule has 0 saturated carbocycles. The average Bonchev–Trinajstić information content (AvgIpc) is 1.95. The van der Waals surface area contributed by atoms with Gasteiger partial charge in [0.15, 0.2) is 0 Å². The molecule has 0 aliphatic rings. The first-order chi connectivity index (χ1) is 5.24. The van der Waals surface area contributed by atoms with Crippen molar-refractivity contribution >= 4 is 35.2 Å². The summed E-state index contributed by atoms with van der Waals surface area (Å²) in [6.07, 6.45) is 0. The van der Waals surface area contributed by atoms with Crippen molar-refractivity contribution in [1.82, 2.24) is 0 Å². The highest BCUT2D eigenvalue weighted by Gasteiger charge is 2.00. The monoisotopic (exact) mass is 233 g/mol. The molecule has 0 heterocycles. The van der Waals surface area contributed by atoms with E-state index in [4.69, 9.17) is 21.3 Å². The molecule has 1 aromatic carbocycles. The first kappa shape index (κ1) is 8.91. The van der Waals surface area contributed by atoms with Crippen LogP contribution in [-0.2, 0) is 0 Å². The predicted octanol–water partition coefficient (Wildman–Crippen LogP) is 2.01. The third kappa shape index (κ3) is 2.40. The lowest BCUT2D eigenvalue weighted by Gasteiger charge is -2.03. The molecular weight excluding hydrogens is 230 g/mol. The van der Waals surface area contributed by atoms with Gasteiger partial charge in [-0.1, -0.05) is 11.6 Å². The summed E-state index contributed by atoms with van der Waals surface area (Å²) in [6.45, 7) is 0. The summed E-state index contributed by atoms with van der Waals surface area (Å²) in [7, 11) is 0.619. The lowest BCUT2D eigenvalue weighted by Crippen LogP contribution is -1.99. The fraction of sp³-hybridized carbons (Fsp3) is 0. The van der Waals surface area contributed by atoms with Gasteiger partial charge in [0, 0.05) is 5.02 Å². The quantitative estimate of drug-likeness (QED) is 0.793. The van der Waals surface area contributed by atoms with Crippen LogP contribution in [0.1, 0.15) is 0 Å². The van der Waals surface area contributed by atoms with E-state index in [0.29, 0.717) is 22.9 Å². The zero-order valence-corrected chi connectivity index (χ0v) is 7.76. The van der Waals surface area contributed by atoms with Crippen LogP contribution in [-0.4, -0.2) is 12.7 Å². The number of hydrogen-bond acceptors (Lipinski definition) is 2. The second-order valence-corrected chi connectivity index (χ2v) is 3.09. The van der Waals surface area contributed by atoms with Gasteiger partial charge in [0.2, 0.25) is 0 Å². The molecule has 0 saturated heterocycles. The lowest BCUT2D eigenvalue weighted by molar-refractivity contribution is 0.452. The Morgan fingerprint density at radius 1 is 1.55 bits per heavy atom. The van der Waals surface area contributed by atoms with E-state index < -0.39 is 0 Å². The summed E-state index contributed by atoms with van der Waals surface area (Å²) in [6, 6.07) is 5.00. The van der Waals surface area contributed by atoms with E-state index in [0.717, 1.165) is 0 Å². The molecule has 0 atom stereocenters. The fourth-order valence-electron chi connectivity index (χ4n) is 0.628. The van der Waals surface area contributed by atoms with Crippen molar-refractivity contribution in [2.75, 3.05) is 0 Å². The van der Waals surface area contributed by atoms with Crippen molar-refractivity contribution in [3.05, 3.63) is 27.7 Å². The van der Waals surface area contributed by atoms with Crippen LogP contribution in [0, 0.1) is 0 Å². The molecule has 0 aromatic heterocycles. The molecule has 1 N–H and O–H groups in total. The SMILES string of the molecule is O[B]Oc1ccc(Cl)cc1Br. The zero-order chi connectivity index (χ0) is 8.27. The molecule has 1 rings (SSSR count). The fourth-order valence-corrected chi connectivity index (χ4v) is 1.40. The van der Waals surface area contributed by atoms with Gasteiger partial charge in [-0.3, -0.25) is 0 Å². The Morgan fingerprint density at radius 2 is 2.27 bits per heavy atom. The van der Waals surface area contributed by atoms with E-state index in [2.05, 4.69) is 15.9 Å². The van der Waals surface area contributed by atoms with E-state index in [1.807, 2.05) is 0 Å². The number of hydrogen-bond donors (Lipinski definition) is 1. The van der Waals surface area contributed by atoms with Crippen molar-refractivity contribution in [2.45, 2.75) is 0 Å². The van der Waals surface area contributed by atoms with Gasteiger partial charge >= 0.3 is 7.69 Å². The van der Waals surface area contributed by atoms with Gasteiger partial charge in [-0.05, 0) is 34.1 Å². The van der Waals surface area contributed by atoms with Gasteiger partial charge in [-0.2, -0.15) is 0 Å².